The first kappa shape index (κ1) is 12.4. The molecule has 1 fully saturated rings. The molecule has 1 N–H and O–H groups in total. The van der Waals surface area contributed by atoms with Crippen molar-refractivity contribution in [1.29, 1.82) is 0 Å². The van der Waals surface area contributed by atoms with Crippen molar-refractivity contribution >= 4 is 0 Å². The van der Waals surface area contributed by atoms with E-state index in [9.17, 15) is 5.11 Å². The van der Waals surface area contributed by atoms with Crippen molar-refractivity contribution < 1.29 is 9.84 Å². The standard InChI is InChI=1S/C14H21NO2/c16-12-13-6-4-5-9-15(13)10-11-17-14-7-2-1-3-8-14/h1-3,7-8,13,16H,4-6,9-12H2. The molecule has 0 bridgehead atoms. The first-order valence-corrected chi connectivity index (χ1v) is 6.43. The molecule has 1 heterocycles. The summed E-state index contributed by atoms with van der Waals surface area (Å²) in [4.78, 5) is 2.34. The van der Waals surface area contributed by atoms with Gasteiger partial charge in [-0.05, 0) is 31.5 Å². The Morgan fingerprint density at radius 2 is 2.06 bits per heavy atom. The molecule has 94 valence electrons. The van der Waals surface area contributed by atoms with Crippen LogP contribution in [-0.2, 0) is 0 Å². The number of aliphatic hydroxyl groups is 1. The maximum Gasteiger partial charge on any atom is 0.119 e. The topological polar surface area (TPSA) is 32.7 Å². The van der Waals surface area contributed by atoms with E-state index in [4.69, 9.17) is 4.74 Å². The lowest BCUT2D eigenvalue weighted by molar-refractivity contribution is 0.0773. The average molecular weight is 235 g/mol. The first-order valence-electron chi connectivity index (χ1n) is 6.43. The summed E-state index contributed by atoms with van der Waals surface area (Å²) in [6.07, 6.45) is 3.59. The molecule has 1 unspecified atom stereocenters. The van der Waals surface area contributed by atoms with Crippen molar-refractivity contribution in [1.82, 2.24) is 4.90 Å². The maximum absolute atomic E-state index is 9.30. The van der Waals surface area contributed by atoms with Gasteiger partial charge in [0.1, 0.15) is 12.4 Å². The summed E-state index contributed by atoms with van der Waals surface area (Å²) in [7, 11) is 0. The first-order chi connectivity index (χ1) is 8.40. The normalized spacial score (nSPS) is 21.4. The van der Waals surface area contributed by atoms with E-state index < -0.39 is 0 Å². The van der Waals surface area contributed by atoms with E-state index in [1.54, 1.807) is 0 Å². The number of nitrogens with zero attached hydrogens (tertiary/aromatic N) is 1. The van der Waals surface area contributed by atoms with Gasteiger partial charge in [0.15, 0.2) is 0 Å². The summed E-state index contributed by atoms with van der Waals surface area (Å²) in [5.41, 5.74) is 0. The molecule has 2 rings (SSSR count). The van der Waals surface area contributed by atoms with Gasteiger partial charge in [0, 0.05) is 12.6 Å². The molecular formula is C14H21NO2. The van der Waals surface area contributed by atoms with E-state index in [2.05, 4.69) is 4.90 Å². The van der Waals surface area contributed by atoms with Crippen LogP contribution in [0.1, 0.15) is 19.3 Å². The zero-order valence-corrected chi connectivity index (χ0v) is 10.2. The number of para-hydroxylation sites is 1. The SMILES string of the molecule is OCC1CCCCN1CCOc1ccccc1. The smallest absolute Gasteiger partial charge is 0.119 e. The molecule has 1 saturated heterocycles. The summed E-state index contributed by atoms with van der Waals surface area (Å²) in [6.45, 7) is 2.95. The molecule has 1 aliphatic rings. The fraction of sp³-hybridized carbons (Fsp3) is 0.571. The van der Waals surface area contributed by atoms with E-state index in [1.807, 2.05) is 30.3 Å². The van der Waals surface area contributed by atoms with Crippen LogP contribution in [-0.4, -0.2) is 42.4 Å². The van der Waals surface area contributed by atoms with Gasteiger partial charge in [-0.2, -0.15) is 0 Å². The summed E-state index contributed by atoms with van der Waals surface area (Å²) in [5, 5.41) is 9.30. The molecule has 0 aliphatic carbocycles. The van der Waals surface area contributed by atoms with Gasteiger partial charge in [-0.25, -0.2) is 0 Å². The monoisotopic (exact) mass is 235 g/mol. The van der Waals surface area contributed by atoms with Gasteiger partial charge in [0.2, 0.25) is 0 Å². The molecule has 0 radical (unpaired) electrons. The Labute approximate surface area is 103 Å². The molecule has 0 amide bonds. The lowest BCUT2D eigenvalue weighted by Crippen LogP contribution is -2.43. The number of piperidine rings is 1. The molecule has 1 atom stereocenters. The number of benzene rings is 1. The lowest BCUT2D eigenvalue weighted by atomic mass is 10.0. The second-order valence-electron chi connectivity index (χ2n) is 4.53. The highest BCUT2D eigenvalue weighted by atomic mass is 16.5. The predicted octanol–water partition coefficient (Wildman–Crippen LogP) is 1.91. The Morgan fingerprint density at radius 3 is 2.82 bits per heavy atom. The van der Waals surface area contributed by atoms with E-state index in [0.29, 0.717) is 12.6 Å². The third-order valence-electron chi connectivity index (χ3n) is 3.35. The van der Waals surface area contributed by atoms with Crippen LogP contribution in [0.4, 0.5) is 0 Å². The third kappa shape index (κ3) is 3.72. The highest BCUT2D eigenvalue weighted by Crippen LogP contribution is 2.16. The van der Waals surface area contributed by atoms with E-state index in [0.717, 1.165) is 25.3 Å². The number of likely N-dealkylation sites (tertiary alicyclic amines) is 1. The number of aliphatic hydroxyl groups excluding tert-OH is 1. The van der Waals surface area contributed by atoms with Crippen LogP contribution in [0.15, 0.2) is 30.3 Å². The summed E-state index contributed by atoms with van der Waals surface area (Å²) in [6, 6.07) is 10.2. The van der Waals surface area contributed by atoms with Crippen LogP contribution in [0.25, 0.3) is 0 Å². The Hall–Kier alpha value is -1.06. The Balaban J connectivity index is 1.74. The van der Waals surface area contributed by atoms with Crippen molar-refractivity contribution in [2.75, 3.05) is 26.3 Å². The van der Waals surface area contributed by atoms with Crippen LogP contribution >= 0.6 is 0 Å². The van der Waals surface area contributed by atoms with Gasteiger partial charge in [-0.3, -0.25) is 4.90 Å². The number of hydrogen-bond donors (Lipinski definition) is 1. The zero-order chi connectivity index (χ0) is 11.9. The number of ether oxygens (including phenoxy) is 1. The summed E-state index contributed by atoms with van der Waals surface area (Å²) in [5.74, 6) is 0.921. The molecule has 3 nitrogen and oxygen atoms in total. The minimum absolute atomic E-state index is 0.269. The van der Waals surface area contributed by atoms with Crippen LogP contribution in [0.2, 0.25) is 0 Å². The molecule has 3 heteroatoms. The minimum Gasteiger partial charge on any atom is -0.492 e. The molecular weight excluding hydrogens is 214 g/mol. The van der Waals surface area contributed by atoms with Gasteiger partial charge >= 0.3 is 0 Å². The molecule has 17 heavy (non-hydrogen) atoms. The molecule has 0 spiro atoms. The van der Waals surface area contributed by atoms with Gasteiger partial charge in [-0.15, -0.1) is 0 Å². The zero-order valence-electron chi connectivity index (χ0n) is 10.2. The van der Waals surface area contributed by atoms with Crippen LogP contribution < -0.4 is 4.74 Å². The van der Waals surface area contributed by atoms with Crippen molar-refractivity contribution in [3.05, 3.63) is 30.3 Å². The Kier molecular flexibility index (Phi) is 4.83. The Morgan fingerprint density at radius 1 is 1.24 bits per heavy atom. The van der Waals surface area contributed by atoms with Crippen LogP contribution in [0.5, 0.6) is 5.75 Å². The van der Waals surface area contributed by atoms with Crippen molar-refractivity contribution in [3.63, 3.8) is 0 Å². The summed E-state index contributed by atoms with van der Waals surface area (Å²) < 4.78 is 5.68. The molecule has 1 aromatic carbocycles. The number of rotatable bonds is 5. The highest BCUT2D eigenvalue weighted by Gasteiger charge is 2.20. The van der Waals surface area contributed by atoms with E-state index in [-0.39, 0.29) is 6.61 Å². The van der Waals surface area contributed by atoms with Gasteiger partial charge in [0.05, 0.1) is 6.61 Å². The predicted molar refractivity (Wildman–Crippen MR) is 68.2 cm³/mol. The second-order valence-corrected chi connectivity index (χ2v) is 4.53. The Bertz CT molecular complexity index is 315. The van der Waals surface area contributed by atoms with Gasteiger partial charge in [0.25, 0.3) is 0 Å². The third-order valence-corrected chi connectivity index (χ3v) is 3.35. The number of hydrogen-bond acceptors (Lipinski definition) is 3. The minimum atomic E-state index is 0.269. The van der Waals surface area contributed by atoms with E-state index >= 15 is 0 Å². The van der Waals surface area contributed by atoms with Crippen molar-refractivity contribution in [3.8, 4) is 5.75 Å². The lowest BCUT2D eigenvalue weighted by Gasteiger charge is -2.34. The fourth-order valence-corrected chi connectivity index (χ4v) is 2.36. The van der Waals surface area contributed by atoms with Crippen LogP contribution in [0, 0.1) is 0 Å². The maximum atomic E-state index is 9.30. The van der Waals surface area contributed by atoms with Gasteiger partial charge < -0.3 is 9.84 Å². The van der Waals surface area contributed by atoms with Gasteiger partial charge in [-0.1, -0.05) is 24.6 Å². The highest BCUT2D eigenvalue weighted by molar-refractivity contribution is 5.20. The molecule has 1 aliphatic heterocycles. The fourth-order valence-electron chi connectivity index (χ4n) is 2.36. The summed E-state index contributed by atoms with van der Waals surface area (Å²) >= 11 is 0. The van der Waals surface area contributed by atoms with E-state index in [1.165, 1.54) is 12.8 Å². The average Bonchev–Trinajstić information content (AvgIpc) is 2.40. The molecule has 0 aromatic heterocycles. The molecule has 1 aromatic rings. The van der Waals surface area contributed by atoms with Crippen molar-refractivity contribution in [2.45, 2.75) is 25.3 Å². The molecule has 0 saturated carbocycles. The second kappa shape index (κ2) is 6.62. The van der Waals surface area contributed by atoms with Crippen molar-refractivity contribution in [2.24, 2.45) is 0 Å². The largest absolute Gasteiger partial charge is 0.492 e. The quantitative estimate of drug-likeness (QED) is 0.846. The van der Waals surface area contributed by atoms with Crippen LogP contribution in [0.3, 0.4) is 0 Å².